The normalized spacial score (nSPS) is 12.3. The van der Waals surface area contributed by atoms with Crippen molar-refractivity contribution in [1.29, 1.82) is 0 Å². The molecule has 0 aliphatic carbocycles. The lowest BCUT2D eigenvalue weighted by molar-refractivity contribution is -0.129. The molecule has 0 aromatic rings. The number of rotatable bonds is 3. The molecule has 0 aliphatic heterocycles. The average Bonchev–Trinajstić information content (AvgIpc) is 1.87. The molecule has 2 N–H and O–H groups in total. The van der Waals surface area contributed by atoms with E-state index in [-0.39, 0.29) is 5.91 Å². The second-order valence-corrected chi connectivity index (χ2v) is 2.36. The van der Waals surface area contributed by atoms with Crippen LogP contribution in [0.2, 0.25) is 0 Å². The minimum Gasteiger partial charge on any atom is -0.347 e. The van der Waals surface area contributed by atoms with E-state index >= 15 is 0 Å². The standard InChI is InChI=1S/C7H14N2O/c1-4-5-6(8)7(10)9(2)3/h4,6H,1,5,8H2,2-3H3. The molecule has 0 heterocycles. The molecule has 0 aromatic heterocycles. The third-order valence-electron chi connectivity index (χ3n) is 1.18. The van der Waals surface area contributed by atoms with Gasteiger partial charge in [0.25, 0.3) is 0 Å². The Morgan fingerprint density at radius 2 is 2.30 bits per heavy atom. The second-order valence-electron chi connectivity index (χ2n) is 2.36. The lowest BCUT2D eigenvalue weighted by Crippen LogP contribution is -2.39. The van der Waals surface area contributed by atoms with Crippen molar-refractivity contribution in [2.24, 2.45) is 5.73 Å². The molecule has 3 heteroatoms. The SMILES string of the molecule is C=CCC(N)C(=O)N(C)C. The molecule has 0 fully saturated rings. The summed E-state index contributed by atoms with van der Waals surface area (Å²) in [5, 5.41) is 0. The van der Waals surface area contributed by atoms with Gasteiger partial charge >= 0.3 is 0 Å². The molecule has 0 aliphatic rings. The monoisotopic (exact) mass is 142 g/mol. The van der Waals surface area contributed by atoms with E-state index in [4.69, 9.17) is 5.73 Å². The summed E-state index contributed by atoms with van der Waals surface area (Å²) in [6.45, 7) is 3.49. The van der Waals surface area contributed by atoms with Crippen LogP contribution in [0.1, 0.15) is 6.42 Å². The van der Waals surface area contributed by atoms with Crippen molar-refractivity contribution >= 4 is 5.91 Å². The molecule has 1 atom stereocenters. The summed E-state index contributed by atoms with van der Waals surface area (Å²) in [6.07, 6.45) is 2.18. The Kier molecular flexibility index (Phi) is 3.72. The largest absolute Gasteiger partial charge is 0.347 e. The zero-order valence-corrected chi connectivity index (χ0v) is 6.50. The first-order chi connectivity index (χ1) is 4.59. The van der Waals surface area contributed by atoms with Gasteiger partial charge in [0, 0.05) is 14.1 Å². The highest BCUT2D eigenvalue weighted by Gasteiger charge is 2.12. The number of likely N-dealkylation sites (N-methyl/N-ethyl adjacent to an activating group) is 1. The summed E-state index contributed by atoms with van der Waals surface area (Å²) < 4.78 is 0. The van der Waals surface area contributed by atoms with Gasteiger partial charge < -0.3 is 10.6 Å². The minimum absolute atomic E-state index is 0.0556. The quantitative estimate of drug-likeness (QED) is 0.563. The van der Waals surface area contributed by atoms with Crippen molar-refractivity contribution in [2.45, 2.75) is 12.5 Å². The van der Waals surface area contributed by atoms with E-state index in [0.29, 0.717) is 6.42 Å². The van der Waals surface area contributed by atoms with Gasteiger partial charge in [-0.05, 0) is 6.42 Å². The molecule has 0 rings (SSSR count). The van der Waals surface area contributed by atoms with Crippen molar-refractivity contribution in [3.63, 3.8) is 0 Å². The van der Waals surface area contributed by atoms with Gasteiger partial charge in [-0.15, -0.1) is 6.58 Å². The van der Waals surface area contributed by atoms with Crippen molar-refractivity contribution in [3.05, 3.63) is 12.7 Å². The number of carbonyl (C=O) groups is 1. The van der Waals surface area contributed by atoms with Gasteiger partial charge in [-0.1, -0.05) is 6.08 Å². The topological polar surface area (TPSA) is 46.3 Å². The van der Waals surface area contributed by atoms with Crippen LogP contribution in [0.3, 0.4) is 0 Å². The van der Waals surface area contributed by atoms with E-state index in [1.807, 2.05) is 0 Å². The fourth-order valence-corrected chi connectivity index (χ4v) is 0.612. The Hall–Kier alpha value is -0.830. The predicted molar refractivity (Wildman–Crippen MR) is 41.5 cm³/mol. The second kappa shape index (κ2) is 4.06. The molecule has 1 unspecified atom stereocenters. The van der Waals surface area contributed by atoms with Gasteiger partial charge in [0.15, 0.2) is 0 Å². The maximum absolute atomic E-state index is 11.0. The lowest BCUT2D eigenvalue weighted by Gasteiger charge is -2.14. The maximum Gasteiger partial charge on any atom is 0.239 e. The van der Waals surface area contributed by atoms with Gasteiger partial charge in [-0.25, -0.2) is 0 Å². The summed E-state index contributed by atoms with van der Waals surface area (Å²) in [6, 6.07) is -0.424. The molecular formula is C7H14N2O. The summed E-state index contributed by atoms with van der Waals surface area (Å²) in [5.41, 5.74) is 5.47. The number of hydrogen-bond donors (Lipinski definition) is 1. The van der Waals surface area contributed by atoms with Gasteiger partial charge in [0.05, 0.1) is 6.04 Å². The van der Waals surface area contributed by atoms with Crippen LogP contribution >= 0.6 is 0 Å². The fourth-order valence-electron chi connectivity index (χ4n) is 0.612. The maximum atomic E-state index is 11.0. The molecule has 0 spiro atoms. The zero-order chi connectivity index (χ0) is 8.15. The average molecular weight is 142 g/mol. The van der Waals surface area contributed by atoms with Crippen molar-refractivity contribution < 1.29 is 4.79 Å². The summed E-state index contributed by atoms with van der Waals surface area (Å²) in [5.74, 6) is -0.0556. The number of hydrogen-bond acceptors (Lipinski definition) is 2. The highest BCUT2D eigenvalue weighted by molar-refractivity contribution is 5.81. The molecule has 58 valence electrons. The molecule has 0 bridgehead atoms. The Morgan fingerprint density at radius 3 is 2.60 bits per heavy atom. The summed E-state index contributed by atoms with van der Waals surface area (Å²) in [7, 11) is 3.37. The van der Waals surface area contributed by atoms with E-state index in [2.05, 4.69) is 6.58 Å². The number of carbonyl (C=O) groups excluding carboxylic acids is 1. The third-order valence-corrected chi connectivity index (χ3v) is 1.18. The Morgan fingerprint density at radius 1 is 1.80 bits per heavy atom. The molecule has 0 saturated carbocycles. The first-order valence-corrected chi connectivity index (χ1v) is 3.17. The highest BCUT2D eigenvalue weighted by atomic mass is 16.2. The zero-order valence-electron chi connectivity index (χ0n) is 6.50. The Bertz CT molecular complexity index is 132. The van der Waals surface area contributed by atoms with E-state index < -0.39 is 6.04 Å². The van der Waals surface area contributed by atoms with Crippen LogP contribution in [-0.4, -0.2) is 30.9 Å². The van der Waals surface area contributed by atoms with E-state index in [0.717, 1.165) is 0 Å². The number of nitrogens with two attached hydrogens (primary N) is 1. The first kappa shape index (κ1) is 9.17. The molecule has 3 nitrogen and oxygen atoms in total. The van der Waals surface area contributed by atoms with Crippen LogP contribution in [0, 0.1) is 0 Å². The van der Waals surface area contributed by atoms with E-state index in [1.165, 1.54) is 4.90 Å². The third kappa shape index (κ3) is 2.64. The smallest absolute Gasteiger partial charge is 0.239 e. The van der Waals surface area contributed by atoms with Gasteiger partial charge in [-0.3, -0.25) is 4.79 Å². The van der Waals surface area contributed by atoms with Crippen LogP contribution in [0.4, 0.5) is 0 Å². The van der Waals surface area contributed by atoms with Gasteiger partial charge in [0.2, 0.25) is 5.91 Å². The van der Waals surface area contributed by atoms with E-state index in [1.54, 1.807) is 20.2 Å². The number of nitrogens with zero attached hydrogens (tertiary/aromatic N) is 1. The predicted octanol–water partition coefficient (Wildman–Crippen LogP) is -0.0220. The molecule has 0 radical (unpaired) electrons. The van der Waals surface area contributed by atoms with Crippen LogP contribution in [0.15, 0.2) is 12.7 Å². The lowest BCUT2D eigenvalue weighted by atomic mass is 10.2. The molecule has 0 saturated heterocycles. The summed E-state index contributed by atoms with van der Waals surface area (Å²) >= 11 is 0. The highest BCUT2D eigenvalue weighted by Crippen LogP contribution is 1.92. The Balaban J connectivity index is 3.81. The molecular weight excluding hydrogens is 128 g/mol. The van der Waals surface area contributed by atoms with Gasteiger partial charge in [0.1, 0.15) is 0 Å². The van der Waals surface area contributed by atoms with Crippen LogP contribution in [-0.2, 0) is 4.79 Å². The van der Waals surface area contributed by atoms with Crippen molar-refractivity contribution in [3.8, 4) is 0 Å². The fraction of sp³-hybridized carbons (Fsp3) is 0.571. The van der Waals surface area contributed by atoms with E-state index in [9.17, 15) is 4.79 Å². The Labute approximate surface area is 61.5 Å². The van der Waals surface area contributed by atoms with Crippen molar-refractivity contribution in [2.75, 3.05) is 14.1 Å². The molecule has 10 heavy (non-hydrogen) atoms. The molecule has 1 amide bonds. The number of amides is 1. The summed E-state index contributed by atoms with van der Waals surface area (Å²) in [4.78, 5) is 12.5. The van der Waals surface area contributed by atoms with Crippen LogP contribution in [0.5, 0.6) is 0 Å². The minimum atomic E-state index is -0.424. The van der Waals surface area contributed by atoms with Crippen molar-refractivity contribution in [1.82, 2.24) is 4.90 Å². The van der Waals surface area contributed by atoms with Crippen LogP contribution in [0.25, 0.3) is 0 Å². The van der Waals surface area contributed by atoms with Gasteiger partial charge in [-0.2, -0.15) is 0 Å². The first-order valence-electron chi connectivity index (χ1n) is 3.17. The molecule has 0 aromatic carbocycles. The van der Waals surface area contributed by atoms with Crippen LogP contribution < -0.4 is 5.73 Å².